The molecule has 0 saturated heterocycles. The van der Waals surface area contributed by atoms with Crippen molar-refractivity contribution in [1.29, 1.82) is 0 Å². The van der Waals surface area contributed by atoms with Crippen LogP contribution in [0.1, 0.15) is 20.3 Å². The van der Waals surface area contributed by atoms with Crippen LogP contribution in [-0.2, 0) is 0 Å². The van der Waals surface area contributed by atoms with Gasteiger partial charge in [0.1, 0.15) is 11.5 Å². The van der Waals surface area contributed by atoms with Crippen LogP contribution >= 0.6 is 0 Å². The minimum absolute atomic E-state index is 0.164. The Morgan fingerprint density at radius 1 is 0.913 bits per heavy atom. The third-order valence-corrected chi connectivity index (χ3v) is 9.98. The van der Waals surface area contributed by atoms with Crippen molar-refractivity contribution in [2.45, 2.75) is 44.7 Å². The Morgan fingerprint density at radius 3 is 1.96 bits per heavy atom. The van der Waals surface area contributed by atoms with Gasteiger partial charge in [-0.3, -0.25) is 0 Å². The molecule has 1 aliphatic rings. The van der Waals surface area contributed by atoms with Crippen LogP contribution in [0.4, 0.5) is 0 Å². The molecule has 0 amide bonds. The molecule has 0 unspecified atom stereocenters. The van der Waals surface area contributed by atoms with Gasteiger partial charge in [-0.15, -0.1) is 0 Å². The molecule has 2 aromatic rings. The van der Waals surface area contributed by atoms with Crippen LogP contribution in [0.15, 0.2) is 54.6 Å². The molecule has 3 rings (SSSR count). The first-order valence-electron chi connectivity index (χ1n) is 8.52. The van der Waals surface area contributed by atoms with E-state index in [2.05, 4.69) is 57.3 Å². The maximum Gasteiger partial charge on any atom is 0.598 e. The van der Waals surface area contributed by atoms with E-state index in [1.54, 1.807) is 0 Å². The second kappa shape index (κ2) is 6.44. The standard InChI is InChI=1S/C19H25BO2Si/c1-5-17(20-21-18-13-9-10-14-19(18)22-20)15(2)23(3,4)16-11-7-6-8-12-16/h6-15,17H,5H2,1-4H3/t15-,17-/m0/s1. The summed E-state index contributed by atoms with van der Waals surface area (Å²) in [5, 5.41) is 1.50. The summed E-state index contributed by atoms with van der Waals surface area (Å²) in [6, 6.07) is 18.9. The third-order valence-electron chi connectivity index (χ3n) is 5.45. The highest BCUT2D eigenvalue weighted by molar-refractivity contribution is 6.91. The number of fused-ring (bicyclic) bond motifs is 1. The van der Waals surface area contributed by atoms with Crippen LogP contribution in [0.5, 0.6) is 11.5 Å². The number of para-hydroxylation sites is 2. The van der Waals surface area contributed by atoms with Crippen LogP contribution < -0.4 is 14.5 Å². The average molecular weight is 324 g/mol. The van der Waals surface area contributed by atoms with Crippen molar-refractivity contribution in [2.75, 3.05) is 0 Å². The van der Waals surface area contributed by atoms with Gasteiger partial charge in [-0.2, -0.15) is 0 Å². The second-order valence-electron chi connectivity index (χ2n) is 7.00. The van der Waals surface area contributed by atoms with E-state index in [1.165, 1.54) is 5.19 Å². The monoisotopic (exact) mass is 324 g/mol. The zero-order chi connectivity index (χ0) is 16.4. The molecule has 2 nitrogen and oxygen atoms in total. The van der Waals surface area contributed by atoms with Crippen molar-refractivity contribution < 1.29 is 9.31 Å². The predicted octanol–water partition coefficient (Wildman–Crippen LogP) is 4.73. The smallest absolute Gasteiger partial charge is 0.523 e. The Labute approximate surface area is 141 Å². The lowest BCUT2D eigenvalue weighted by Gasteiger charge is -2.35. The normalized spacial score (nSPS) is 16.3. The van der Waals surface area contributed by atoms with E-state index in [-0.39, 0.29) is 7.12 Å². The maximum absolute atomic E-state index is 6.11. The highest BCUT2D eigenvalue weighted by atomic mass is 28.3. The minimum atomic E-state index is -1.60. The Bertz CT molecular complexity index is 634. The maximum atomic E-state index is 6.11. The first-order valence-corrected chi connectivity index (χ1v) is 11.6. The molecule has 2 aromatic carbocycles. The van der Waals surface area contributed by atoms with Gasteiger partial charge in [0.05, 0.1) is 8.07 Å². The van der Waals surface area contributed by atoms with Gasteiger partial charge in [0, 0.05) is 5.82 Å². The predicted molar refractivity (Wildman–Crippen MR) is 100 cm³/mol. The van der Waals surface area contributed by atoms with E-state index < -0.39 is 8.07 Å². The Kier molecular flexibility index (Phi) is 4.53. The molecule has 0 N–H and O–H groups in total. The van der Waals surface area contributed by atoms with Crippen LogP contribution in [0, 0.1) is 0 Å². The lowest BCUT2D eigenvalue weighted by atomic mass is 9.68. The van der Waals surface area contributed by atoms with E-state index >= 15 is 0 Å². The van der Waals surface area contributed by atoms with E-state index in [4.69, 9.17) is 9.31 Å². The summed E-state index contributed by atoms with van der Waals surface area (Å²) in [6.07, 6.45) is 1.06. The fourth-order valence-electron chi connectivity index (χ4n) is 3.54. The van der Waals surface area contributed by atoms with Crippen LogP contribution in [-0.4, -0.2) is 15.2 Å². The number of hydrogen-bond acceptors (Lipinski definition) is 2. The van der Waals surface area contributed by atoms with Crippen molar-refractivity contribution in [2.24, 2.45) is 0 Å². The summed E-state index contributed by atoms with van der Waals surface area (Å²) < 4.78 is 12.2. The number of rotatable bonds is 5. The van der Waals surface area contributed by atoms with Gasteiger partial charge in [0.2, 0.25) is 0 Å². The summed E-state index contributed by atoms with van der Waals surface area (Å²) >= 11 is 0. The molecule has 2 atom stereocenters. The Hall–Kier alpha value is -1.68. The molecule has 0 fully saturated rings. The summed E-state index contributed by atoms with van der Waals surface area (Å²) in [6.45, 7) is 9.53. The molecule has 0 aromatic heterocycles. The molecule has 0 saturated carbocycles. The zero-order valence-corrected chi connectivity index (χ0v) is 15.5. The lowest BCUT2D eigenvalue weighted by molar-refractivity contribution is 0.457. The van der Waals surface area contributed by atoms with Crippen LogP contribution in [0.3, 0.4) is 0 Å². The molecule has 120 valence electrons. The van der Waals surface area contributed by atoms with Crippen molar-refractivity contribution in [3.63, 3.8) is 0 Å². The molecular formula is C19H25BO2Si. The molecule has 0 aliphatic carbocycles. The summed E-state index contributed by atoms with van der Waals surface area (Å²) in [5.74, 6) is 2.15. The minimum Gasteiger partial charge on any atom is -0.523 e. The van der Waals surface area contributed by atoms with Gasteiger partial charge < -0.3 is 9.31 Å². The third kappa shape index (κ3) is 3.05. The zero-order valence-electron chi connectivity index (χ0n) is 14.5. The van der Waals surface area contributed by atoms with Gasteiger partial charge in [0.25, 0.3) is 0 Å². The van der Waals surface area contributed by atoms with Crippen molar-refractivity contribution in [3.8, 4) is 11.5 Å². The van der Waals surface area contributed by atoms with Gasteiger partial charge in [-0.1, -0.05) is 81.0 Å². The lowest BCUT2D eigenvalue weighted by Crippen LogP contribution is -2.49. The Balaban J connectivity index is 1.81. The van der Waals surface area contributed by atoms with Crippen molar-refractivity contribution in [3.05, 3.63) is 54.6 Å². The van der Waals surface area contributed by atoms with E-state index in [0.717, 1.165) is 17.9 Å². The second-order valence-corrected chi connectivity index (χ2v) is 11.9. The van der Waals surface area contributed by atoms with Crippen molar-refractivity contribution >= 4 is 20.4 Å². The molecule has 23 heavy (non-hydrogen) atoms. The first kappa shape index (κ1) is 16.2. The number of benzene rings is 2. The highest BCUT2D eigenvalue weighted by Crippen LogP contribution is 2.43. The molecule has 1 aliphatic heterocycles. The molecule has 1 heterocycles. The SMILES string of the molecule is CC[C@H](B1Oc2ccccc2O1)[C@H](C)[Si](C)(C)c1ccccc1. The van der Waals surface area contributed by atoms with E-state index in [0.29, 0.717) is 11.4 Å². The molecule has 4 heteroatoms. The van der Waals surface area contributed by atoms with Gasteiger partial charge in [0.15, 0.2) is 0 Å². The first-order chi connectivity index (χ1) is 11.0. The topological polar surface area (TPSA) is 18.5 Å². The number of hydrogen-bond donors (Lipinski definition) is 0. The van der Waals surface area contributed by atoms with Crippen LogP contribution in [0.2, 0.25) is 24.5 Å². The summed E-state index contributed by atoms with van der Waals surface area (Å²) in [5.41, 5.74) is 0.564. The Morgan fingerprint density at radius 2 is 1.43 bits per heavy atom. The molecule has 0 spiro atoms. The molecule has 0 bridgehead atoms. The largest absolute Gasteiger partial charge is 0.598 e. The van der Waals surface area contributed by atoms with E-state index in [1.807, 2.05) is 24.3 Å². The average Bonchev–Trinajstić information content (AvgIpc) is 2.99. The van der Waals surface area contributed by atoms with Gasteiger partial charge in [-0.05, 0) is 17.7 Å². The molecule has 0 radical (unpaired) electrons. The fraction of sp³-hybridized carbons (Fsp3) is 0.368. The van der Waals surface area contributed by atoms with Crippen molar-refractivity contribution in [1.82, 2.24) is 0 Å². The van der Waals surface area contributed by atoms with Gasteiger partial charge >= 0.3 is 7.12 Å². The highest BCUT2D eigenvalue weighted by Gasteiger charge is 2.47. The quantitative estimate of drug-likeness (QED) is 0.740. The van der Waals surface area contributed by atoms with Gasteiger partial charge in [-0.25, -0.2) is 0 Å². The summed E-state index contributed by atoms with van der Waals surface area (Å²) in [7, 11) is -1.76. The van der Waals surface area contributed by atoms with Crippen LogP contribution in [0.25, 0.3) is 0 Å². The molecular weight excluding hydrogens is 299 g/mol. The van der Waals surface area contributed by atoms with E-state index in [9.17, 15) is 0 Å². The summed E-state index contributed by atoms with van der Waals surface area (Å²) in [4.78, 5) is 0. The fourth-order valence-corrected chi connectivity index (χ4v) is 6.58.